The Bertz CT molecular complexity index is 841. The fraction of sp³-hybridized carbons (Fsp3) is 0.238. The van der Waals surface area contributed by atoms with E-state index in [4.69, 9.17) is 0 Å². The van der Waals surface area contributed by atoms with Crippen molar-refractivity contribution in [2.24, 2.45) is 0 Å². The molecule has 0 saturated heterocycles. The van der Waals surface area contributed by atoms with Crippen molar-refractivity contribution < 1.29 is 4.79 Å². The summed E-state index contributed by atoms with van der Waals surface area (Å²) in [5.74, 6) is -0.165. The van der Waals surface area contributed by atoms with Gasteiger partial charge in [-0.15, -0.1) is 11.3 Å². The first-order valence-corrected chi connectivity index (χ1v) is 9.51. The molecular weight excluding hydrogens is 342 g/mol. The van der Waals surface area contributed by atoms with Crippen LogP contribution in [0, 0.1) is 0 Å². The molecule has 1 N–H and O–H groups in total. The third kappa shape index (κ3) is 5.25. The SMILES string of the molecule is CN(C)CCc1ccc(NC(=O)c2csc(Cc3ccccc3)n2)cc1. The number of hydrogen-bond donors (Lipinski definition) is 1. The average Bonchev–Trinajstić information content (AvgIpc) is 3.10. The van der Waals surface area contributed by atoms with E-state index >= 15 is 0 Å². The van der Waals surface area contributed by atoms with Gasteiger partial charge >= 0.3 is 0 Å². The van der Waals surface area contributed by atoms with E-state index in [9.17, 15) is 4.79 Å². The molecule has 0 fully saturated rings. The van der Waals surface area contributed by atoms with Crippen LogP contribution in [0.1, 0.15) is 26.6 Å². The Balaban J connectivity index is 1.58. The molecule has 2 aromatic carbocycles. The summed E-state index contributed by atoms with van der Waals surface area (Å²) in [6.45, 7) is 1.01. The predicted octanol–water partition coefficient (Wildman–Crippen LogP) is 4.09. The van der Waals surface area contributed by atoms with Gasteiger partial charge in [-0.2, -0.15) is 0 Å². The van der Waals surface area contributed by atoms with Crippen LogP contribution in [0.4, 0.5) is 5.69 Å². The highest BCUT2D eigenvalue weighted by Crippen LogP contribution is 2.17. The van der Waals surface area contributed by atoms with Crippen LogP contribution in [-0.2, 0) is 12.8 Å². The Morgan fingerprint density at radius 2 is 1.77 bits per heavy atom. The zero-order chi connectivity index (χ0) is 18.4. The molecule has 3 aromatic rings. The molecule has 0 aliphatic carbocycles. The van der Waals surface area contributed by atoms with Crippen molar-refractivity contribution in [1.29, 1.82) is 0 Å². The Kier molecular flexibility index (Phi) is 6.15. The van der Waals surface area contributed by atoms with Gasteiger partial charge in [-0.05, 0) is 43.8 Å². The topological polar surface area (TPSA) is 45.2 Å². The third-order valence-electron chi connectivity index (χ3n) is 4.04. The van der Waals surface area contributed by atoms with E-state index < -0.39 is 0 Å². The monoisotopic (exact) mass is 365 g/mol. The van der Waals surface area contributed by atoms with Crippen molar-refractivity contribution in [2.75, 3.05) is 26.0 Å². The summed E-state index contributed by atoms with van der Waals surface area (Å²) >= 11 is 1.52. The number of likely N-dealkylation sites (N-methyl/N-ethyl adjacent to an activating group) is 1. The highest BCUT2D eigenvalue weighted by Gasteiger charge is 2.11. The van der Waals surface area contributed by atoms with Crippen molar-refractivity contribution in [2.45, 2.75) is 12.8 Å². The van der Waals surface area contributed by atoms with Crippen LogP contribution in [-0.4, -0.2) is 36.4 Å². The smallest absolute Gasteiger partial charge is 0.275 e. The number of anilines is 1. The summed E-state index contributed by atoms with van der Waals surface area (Å²) in [6.07, 6.45) is 1.75. The number of nitrogens with zero attached hydrogens (tertiary/aromatic N) is 2. The Morgan fingerprint density at radius 1 is 1.04 bits per heavy atom. The van der Waals surface area contributed by atoms with Gasteiger partial charge in [-0.25, -0.2) is 4.98 Å². The highest BCUT2D eigenvalue weighted by atomic mass is 32.1. The van der Waals surface area contributed by atoms with Gasteiger partial charge in [-0.1, -0.05) is 42.5 Å². The molecule has 0 radical (unpaired) electrons. The third-order valence-corrected chi connectivity index (χ3v) is 4.89. The first kappa shape index (κ1) is 18.3. The predicted molar refractivity (Wildman–Crippen MR) is 108 cm³/mol. The molecule has 0 aliphatic rings. The molecule has 0 unspecified atom stereocenters. The largest absolute Gasteiger partial charge is 0.321 e. The standard InChI is InChI=1S/C21H23N3OS/c1-24(2)13-12-16-8-10-18(11-9-16)22-21(25)19-15-26-20(23-19)14-17-6-4-3-5-7-17/h3-11,15H,12-14H2,1-2H3,(H,22,25). The Labute approximate surface area is 158 Å². The molecule has 5 heteroatoms. The van der Waals surface area contributed by atoms with E-state index in [2.05, 4.69) is 53.6 Å². The van der Waals surface area contributed by atoms with E-state index in [1.165, 1.54) is 22.5 Å². The van der Waals surface area contributed by atoms with Crippen LogP contribution in [0.25, 0.3) is 0 Å². The van der Waals surface area contributed by atoms with Crippen LogP contribution in [0.3, 0.4) is 0 Å². The fourth-order valence-electron chi connectivity index (χ4n) is 2.57. The van der Waals surface area contributed by atoms with Gasteiger partial charge in [0.15, 0.2) is 0 Å². The lowest BCUT2D eigenvalue weighted by molar-refractivity contribution is 0.102. The number of hydrogen-bond acceptors (Lipinski definition) is 4. The maximum Gasteiger partial charge on any atom is 0.275 e. The molecule has 0 atom stereocenters. The molecule has 1 heterocycles. The summed E-state index contributed by atoms with van der Waals surface area (Å²) in [7, 11) is 4.13. The summed E-state index contributed by atoms with van der Waals surface area (Å²) in [6, 6.07) is 18.2. The Hall–Kier alpha value is -2.50. The second-order valence-corrected chi connectivity index (χ2v) is 7.44. The second kappa shape index (κ2) is 8.74. The molecule has 134 valence electrons. The van der Waals surface area contributed by atoms with Gasteiger partial charge in [0.1, 0.15) is 5.69 Å². The summed E-state index contributed by atoms with van der Waals surface area (Å²) in [4.78, 5) is 19.0. The van der Waals surface area contributed by atoms with Crippen molar-refractivity contribution in [3.63, 3.8) is 0 Å². The lowest BCUT2D eigenvalue weighted by Gasteiger charge is -2.09. The van der Waals surface area contributed by atoms with E-state index in [-0.39, 0.29) is 5.91 Å². The van der Waals surface area contributed by atoms with Crippen LogP contribution < -0.4 is 5.32 Å². The molecule has 0 saturated carbocycles. The summed E-state index contributed by atoms with van der Waals surface area (Å²) in [5, 5.41) is 5.69. The van der Waals surface area contributed by atoms with Crippen molar-refractivity contribution in [3.05, 3.63) is 81.8 Å². The maximum absolute atomic E-state index is 12.4. The number of benzene rings is 2. The van der Waals surface area contributed by atoms with E-state index in [0.29, 0.717) is 5.69 Å². The normalized spacial score (nSPS) is 10.9. The summed E-state index contributed by atoms with van der Waals surface area (Å²) in [5.41, 5.74) is 3.72. The van der Waals surface area contributed by atoms with Crippen molar-refractivity contribution in [3.8, 4) is 0 Å². The molecular formula is C21H23N3OS. The number of thiazole rings is 1. The fourth-order valence-corrected chi connectivity index (χ4v) is 3.38. The van der Waals surface area contributed by atoms with Gasteiger partial charge in [0.25, 0.3) is 5.91 Å². The molecule has 0 bridgehead atoms. The van der Waals surface area contributed by atoms with Gasteiger partial charge in [0.05, 0.1) is 5.01 Å². The minimum Gasteiger partial charge on any atom is -0.321 e. The van der Waals surface area contributed by atoms with Gasteiger partial charge in [0, 0.05) is 24.0 Å². The molecule has 1 amide bonds. The Morgan fingerprint density at radius 3 is 2.46 bits per heavy atom. The van der Waals surface area contributed by atoms with E-state index in [1.54, 1.807) is 0 Å². The quantitative estimate of drug-likeness (QED) is 0.686. The minimum absolute atomic E-state index is 0.165. The van der Waals surface area contributed by atoms with Gasteiger partial charge in [0.2, 0.25) is 0 Å². The van der Waals surface area contributed by atoms with Gasteiger partial charge in [-0.3, -0.25) is 4.79 Å². The lowest BCUT2D eigenvalue weighted by Crippen LogP contribution is -2.15. The van der Waals surface area contributed by atoms with Crippen LogP contribution in [0.5, 0.6) is 0 Å². The molecule has 26 heavy (non-hydrogen) atoms. The molecule has 1 aromatic heterocycles. The molecule has 0 aliphatic heterocycles. The zero-order valence-electron chi connectivity index (χ0n) is 15.1. The van der Waals surface area contributed by atoms with E-state index in [0.717, 1.165) is 30.1 Å². The van der Waals surface area contributed by atoms with Crippen LogP contribution >= 0.6 is 11.3 Å². The average molecular weight is 366 g/mol. The first-order chi connectivity index (χ1) is 12.6. The molecule has 4 nitrogen and oxygen atoms in total. The number of carbonyl (C=O) groups is 1. The lowest BCUT2D eigenvalue weighted by atomic mass is 10.1. The number of rotatable bonds is 7. The van der Waals surface area contributed by atoms with Crippen LogP contribution in [0.2, 0.25) is 0 Å². The minimum atomic E-state index is -0.165. The number of carbonyl (C=O) groups excluding carboxylic acids is 1. The van der Waals surface area contributed by atoms with E-state index in [1.807, 2.05) is 35.7 Å². The molecule has 0 spiro atoms. The van der Waals surface area contributed by atoms with Crippen molar-refractivity contribution in [1.82, 2.24) is 9.88 Å². The zero-order valence-corrected chi connectivity index (χ0v) is 15.9. The van der Waals surface area contributed by atoms with Crippen LogP contribution in [0.15, 0.2) is 60.0 Å². The molecule has 3 rings (SSSR count). The first-order valence-electron chi connectivity index (χ1n) is 8.63. The highest BCUT2D eigenvalue weighted by molar-refractivity contribution is 7.09. The number of nitrogens with one attached hydrogen (secondary N) is 1. The number of aromatic nitrogens is 1. The second-order valence-electron chi connectivity index (χ2n) is 6.49. The van der Waals surface area contributed by atoms with Gasteiger partial charge < -0.3 is 10.2 Å². The van der Waals surface area contributed by atoms with Crippen molar-refractivity contribution >= 4 is 22.9 Å². The number of amides is 1. The maximum atomic E-state index is 12.4. The summed E-state index contributed by atoms with van der Waals surface area (Å²) < 4.78 is 0.